The Kier molecular flexibility index (Phi) is 4.15. The smallest absolute Gasteiger partial charge is 0.272 e. The van der Waals surface area contributed by atoms with E-state index in [9.17, 15) is 8.42 Å². The van der Waals surface area contributed by atoms with Gasteiger partial charge in [0.05, 0.1) is 6.61 Å². The van der Waals surface area contributed by atoms with E-state index in [0.717, 1.165) is 30.8 Å². The van der Waals surface area contributed by atoms with Gasteiger partial charge in [-0.2, -0.15) is 4.31 Å². The third-order valence-corrected chi connectivity index (χ3v) is 5.74. The third kappa shape index (κ3) is 2.97. The fourth-order valence-corrected chi connectivity index (χ4v) is 4.09. The molecule has 0 spiro atoms. The summed E-state index contributed by atoms with van der Waals surface area (Å²) in [6.07, 6.45) is 1.96. The van der Waals surface area contributed by atoms with Gasteiger partial charge in [0, 0.05) is 20.2 Å². The predicted octanol–water partition coefficient (Wildman–Crippen LogP) is 0.167. The molecule has 18 heavy (non-hydrogen) atoms. The molecule has 0 saturated carbocycles. The lowest BCUT2D eigenvalue weighted by Gasteiger charge is -2.25. The second kappa shape index (κ2) is 5.47. The van der Waals surface area contributed by atoms with E-state index in [4.69, 9.17) is 10.5 Å². The molecule has 1 saturated heterocycles. The molecule has 2 N–H and O–H groups in total. The van der Waals surface area contributed by atoms with Gasteiger partial charge in [0.25, 0.3) is 10.0 Å². The van der Waals surface area contributed by atoms with Crippen molar-refractivity contribution in [3.63, 3.8) is 0 Å². The summed E-state index contributed by atoms with van der Waals surface area (Å²) < 4.78 is 30.9. The molecule has 0 aliphatic carbocycles. The van der Waals surface area contributed by atoms with Crippen LogP contribution >= 0.6 is 11.3 Å². The normalized spacial score (nSPS) is 21.3. The van der Waals surface area contributed by atoms with Crippen LogP contribution in [0.5, 0.6) is 0 Å². The molecule has 9 heteroatoms. The second-order valence-corrected chi connectivity index (χ2v) is 7.50. The molecule has 1 aliphatic rings. The highest BCUT2D eigenvalue weighted by Crippen LogP contribution is 2.22. The molecule has 1 aromatic rings. The molecule has 0 aromatic carbocycles. The van der Waals surface area contributed by atoms with E-state index in [1.54, 1.807) is 7.05 Å². The minimum atomic E-state index is -3.57. The quantitative estimate of drug-likeness (QED) is 0.849. The zero-order valence-corrected chi connectivity index (χ0v) is 11.7. The van der Waals surface area contributed by atoms with E-state index in [1.807, 2.05) is 0 Å². The molecule has 1 aliphatic heterocycles. The van der Waals surface area contributed by atoms with Crippen molar-refractivity contribution in [1.29, 1.82) is 0 Å². The Balaban J connectivity index is 2.05. The Bertz CT molecular complexity index is 496. The molecule has 0 bridgehead atoms. The fraction of sp³-hybridized carbons (Fsp3) is 0.778. The zero-order valence-electron chi connectivity index (χ0n) is 10.1. The van der Waals surface area contributed by atoms with Crippen molar-refractivity contribution >= 4 is 26.5 Å². The van der Waals surface area contributed by atoms with E-state index in [0.29, 0.717) is 13.2 Å². The van der Waals surface area contributed by atoms with Crippen LogP contribution in [0.2, 0.25) is 0 Å². The van der Waals surface area contributed by atoms with Gasteiger partial charge in [-0.1, -0.05) is 11.3 Å². The number of nitrogens with two attached hydrogens (primary N) is 1. The van der Waals surface area contributed by atoms with Crippen LogP contribution in [0.1, 0.15) is 12.8 Å². The second-order valence-electron chi connectivity index (χ2n) is 4.27. The lowest BCUT2D eigenvalue weighted by Crippen LogP contribution is -2.35. The highest BCUT2D eigenvalue weighted by Gasteiger charge is 2.28. The molecule has 1 unspecified atom stereocenters. The maximum absolute atomic E-state index is 12.2. The molecule has 1 aromatic heterocycles. The van der Waals surface area contributed by atoms with Crippen LogP contribution in [-0.2, 0) is 14.8 Å². The van der Waals surface area contributed by atoms with Crippen LogP contribution in [0.25, 0.3) is 0 Å². The zero-order chi connectivity index (χ0) is 13.2. The maximum atomic E-state index is 12.2. The summed E-state index contributed by atoms with van der Waals surface area (Å²) in [5, 5.41) is 7.27. The highest BCUT2D eigenvalue weighted by molar-refractivity contribution is 7.91. The first-order chi connectivity index (χ1) is 8.50. The Morgan fingerprint density at radius 2 is 2.33 bits per heavy atom. The molecule has 0 amide bonds. The summed E-state index contributed by atoms with van der Waals surface area (Å²) in [5.74, 6) is 0.240. The van der Waals surface area contributed by atoms with Gasteiger partial charge in [0.1, 0.15) is 0 Å². The van der Waals surface area contributed by atoms with Crippen LogP contribution in [0.4, 0.5) is 5.13 Å². The maximum Gasteiger partial charge on any atom is 0.272 e. The van der Waals surface area contributed by atoms with Crippen LogP contribution in [0, 0.1) is 5.92 Å². The number of anilines is 1. The molecule has 1 fully saturated rings. The molecule has 102 valence electrons. The molecule has 7 nitrogen and oxygen atoms in total. The first kappa shape index (κ1) is 13.7. The first-order valence-electron chi connectivity index (χ1n) is 5.63. The summed E-state index contributed by atoms with van der Waals surface area (Å²) in [5.41, 5.74) is 5.40. The lowest BCUT2D eigenvalue weighted by atomic mass is 10.0. The summed E-state index contributed by atoms with van der Waals surface area (Å²) in [4.78, 5) is 0. The number of sulfonamides is 1. The molecule has 1 atom stereocenters. The summed E-state index contributed by atoms with van der Waals surface area (Å²) in [6.45, 7) is 1.81. The van der Waals surface area contributed by atoms with Gasteiger partial charge in [-0.3, -0.25) is 0 Å². The van der Waals surface area contributed by atoms with Crippen LogP contribution in [-0.4, -0.2) is 49.7 Å². The standard InChI is InChI=1S/C9H16N4O3S2/c1-13(5-7-3-2-4-16-6-7)18(14,15)9-12-11-8(10)17-9/h7H,2-6H2,1H3,(H2,10,11). The third-order valence-electron chi connectivity index (χ3n) is 2.82. The molecule has 2 heterocycles. The number of nitrogen functional groups attached to an aromatic ring is 1. The Hall–Kier alpha value is -0.770. The number of nitrogens with zero attached hydrogens (tertiary/aromatic N) is 3. The monoisotopic (exact) mass is 292 g/mol. The summed E-state index contributed by atoms with van der Waals surface area (Å²) in [6, 6.07) is 0. The van der Waals surface area contributed by atoms with Gasteiger partial charge in [-0.25, -0.2) is 8.42 Å². The summed E-state index contributed by atoms with van der Waals surface area (Å²) >= 11 is 0.880. The van der Waals surface area contributed by atoms with Gasteiger partial charge in [0.2, 0.25) is 9.47 Å². The molecular formula is C9H16N4O3S2. The van der Waals surface area contributed by atoms with Crippen LogP contribution in [0.15, 0.2) is 4.34 Å². The van der Waals surface area contributed by atoms with Gasteiger partial charge in [-0.15, -0.1) is 10.2 Å². The number of hydrogen-bond acceptors (Lipinski definition) is 7. The minimum absolute atomic E-state index is 0.0563. The fourth-order valence-electron chi connectivity index (χ4n) is 1.87. The Morgan fingerprint density at radius 3 is 2.89 bits per heavy atom. The van der Waals surface area contributed by atoms with Gasteiger partial charge >= 0.3 is 0 Å². The van der Waals surface area contributed by atoms with Gasteiger partial charge < -0.3 is 10.5 Å². The van der Waals surface area contributed by atoms with Crippen molar-refractivity contribution < 1.29 is 13.2 Å². The van der Waals surface area contributed by atoms with Crippen molar-refractivity contribution in [2.24, 2.45) is 5.92 Å². The van der Waals surface area contributed by atoms with E-state index >= 15 is 0 Å². The van der Waals surface area contributed by atoms with Crippen LogP contribution in [0.3, 0.4) is 0 Å². The molecular weight excluding hydrogens is 276 g/mol. The van der Waals surface area contributed by atoms with Crippen molar-refractivity contribution in [3.8, 4) is 0 Å². The van der Waals surface area contributed by atoms with Crippen molar-refractivity contribution in [1.82, 2.24) is 14.5 Å². The van der Waals surface area contributed by atoms with Gasteiger partial charge in [-0.05, 0) is 18.8 Å². The van der Waals surface area contributed by atoms with E-state index in [1.165, 1.54) is 4.31 Å². The summed E-state index contributed by atoms with van der Waals surface area (Å²) in [7, 11) is -2.03. The largest absolute Gasteiger partial charge is 0.381 e. The topological polar surface area (TPSA) is 98.4 Å². The van der Waals surface area contributed by atoms with Crippen molar-refractivity contribution in [3.05, 3.63) is 0 Å². The lowest BCUT2D eigenvalue weighted by molar-refractivity contribution is 0.0495. The average Bonchev–Trinajstić information content (AvgIpc) is 2.78. The van der Waals surface area contributed by atoms with Crippen LogP contribution < -0.4 is 5.73 Å². The Labute approximate surface area is 110 Å². The highest BCUT2D eigenvalue weighted by atomic mass is 32.2. The van der Waals surface area contributed by atoms with Crippen molar-refractivity contribution in [2.45, 2.75) is 17.2 Å². The van der Waals surface area contributed by atoms with E-state index in [-0.39, 0.29) is 15.4 Å². The minimum Gasteiger partial charge on any atom is -0.381 e. The number of ether oxygens (including phenoxy) is 1. The molecule has 2 rings (SSSR count). The number of hydrogen-bond donors (Lipinski definition) is 1. The number of rotatable bonds is 4. The SMILES string of the molecule is CN(CC1CCCOC1)S(=O)(=O)c1nnc(N)s1. The van der Waals surface area contributed by atoms with Gasteiger partial charge in [0.15, 0.2) is 0 Å². The number of aromatic nitrogens is 2. The Morgan fingerprint density at radius 1 is 1.56 bits per heavy atom. The molecule has 0 radical (unpaired) electrons. The van der Waals surface area contributed by atoms with Crippen molar-refractivity contribution in [2.75, 3.05) is 32.5 Å². The average molecular weight is 292 g/mol. The van der Waals surface area contributed by atoms with E-state index < -0.39 is 10.0 Å². The van der Waals surface area contributed by atoms with E-state index in [2.05, 4.69) is 10.2 Å². The first-order valence-corrected chi connectivity index (χ1v) is 7.89. The predicted molar refractivity (Wildman–Crippen MR) is 67.7 cm³/mol.